The average molecular weight is 341 g/mol. The van der Waals surface area contributed by atoms with Gasteiger partial charge in [0, 0.05) is 13.1 Å². The zero-order valence-electron chi connectivity index (χ0n) is 11.0. The number of rotatable bonds is 5. The van der Waals surface area contributed by atoms with E-state index in [1.54, 1.807) is 18.4 Å². The Labute approximate surface area is 126 Å². The van der Waals surface area contributed by atoms with Gasteiger partial charge in [-0.2, -0.15) is 0 Å². The molecule has 0 spiro atoms. The van der Waals surface area contributed by atoms with E-state index in [9.17, 15) is 0 Å². The van der Waals surface area contributed by atoms with Crippen LogP contribution in [0, 0.1) is 0 Å². The number of halogens is 1. The summed E-state index contributed by atoms with van der Waals surface area (Å²) in [4.78, 5) is 2.26. The summed E-state index contributed by atoms with van der Waals surface area (Å²) in [6.07, 6.45) is 0. The molecule has 0 aliphatic heterocycles. The lowest BCUT2D eigenvalue weighted by molar-refractivity contribution is 0.319. The van der Waals surface area contributed by atoms with Crippen LogP contribution in [0.25, 0.3) is 0 Å². The first kappa shape index (κ1) is 14.4. The molecule has 0 atom stereocenters. The van der Waals surface area contributed by atoms with E-state index >= 15 is 0 Å². The number of nitrogen functional groups attached to an aromatic ring is 1. The van der Waals surface area contributed by atoms with Gasteiger partial charge in [-0.25, -0.2) is 0 Å². The van der Waals surface area contributed by atoms with Crippen molar-refractivity contribution in [2.75, 3.05) is 19.9 Å². The maximum atomic E-state index is 5.92. The van der Waals surface area contributed by atoms with Gasteiger partial charge in [0.15, 0.2) is 0 Å². The van der Waals surface area contributed by atoms with Gasteiger partial charge < -0.3 is 10.5 Å². The fraction of sp³-hybridized carbons (Fsp3) is 0.286. The Kier molecular flexibility index (Phi) is 4.85. The van der Waals surface area contributed by atoms with Crippen LogP contribution < -0.4 is 10.5 Å². The number of thiophene rings is 1. The fourth-order valence-electron chi connectivity index (χ4n) is 1.99. The first-order valence-electron chi connectivity index (χ1n) is 5.92. The van der Waals surface area contributed by atoms with Crippen molar-refractivity contribution in [3.63, 3.8) is 0 Å². The largest absolute Gasteiger partial charge is 0.495 e. The molecule has 2 N–H and O–H groups in total. The molecule has 1 aromatic carbocycles. The third-order valence-corrected chi connectivity index (χ3v) is 4.37. The molecule has 2 aromatic rings. The second kappa shape index (κ2) is 6.41. The highest BCUT2D eigenvalue weighted by Gasteiger charge is 2.06. The zero-order valence-corrected chi connectivity index (χ0v) is 13.4. The van der Waals surface area contributed by atoms with Crippen LogP contribution in [0.3, 0.4) is 0 Å². The summed E-state index contributed by atoms with van der Waals surface area (Å²) in [5.74, 6) is 0.730. The van der Waals surface area contributed by atoms with Crippen LogP contribution in [0.4, 0.5) is 5.69 Å². The zero-order chi connectivity index (χ0) is 13.8. The summed E-state index contributed by atoms with van der Waals surface area (Å²) in [6.45, 7) is 1.79. The lowest BCUT2D eigenvalue weighted by Crippen LogP contribution is -2.16. The van der Waals surface area contributed by atoms with Gasteiger partial charge in [0.1, 0.15) is 5.75 Å². The second-order valence-electron chi connectivity index (χ2n) is 4.51. The highest BCUT2D eigenvalue weighted by molar-refractivity contribution is 9.11. The molecule has 0 aliphatic rings. The highest BCUT2D eigenvalue weighted by Crippen LogP contribution is 2.24. The van der Waals surface area contributed by atoms with Gasteiger partial charge in [-0.3, -0.25) is 4.90 Å². The Morgan fingerprint density at radius 2 is 2.00 bits per heavy atom. The van der Waals surface area contributed by atoms with E-state index in [2.05, 4.69) is 45.4 Å². The SMILES string of the molecule is COc1ccc(CN(C)Cc2csc(Br)c2)cc1N. The van der Waals surface area contributed by atoms with Crippen LogP contribution in [0.2, 0.25) is 0 Å². The molecule has 1 heterocycles. The van der Waals surface area contributed by atoms with Crippen molar-refractivity contribution in [1.29, 1.82) is 0 Å². The molecule has 0 radical (unpaired) electrons. The number of hydrogen-bond donors (Lipinski definition) is 1. The predicted octanol–water partition coefficient (Wildman–Crippen LogP) is 3.73. The summed E-state index contributed by atoms with van der Waals surface area (Å²) < 4.78 is 6.33. The molecule has 0 saturated carbocycles. The van der Waals surface area contributed by atoms with Gasteiger partial charge in [-0.15, -0.1) is 11.3 Å². The Balaban J connectivity index is 1.98. The molecular weight excluding hydrogens is 324 g/mol. The Bertz CT molecular complexity index is 556. The lowest BCUT2D eigenvalue weighted by atomic mass is 10.1. The first-order chi connectivity index (χ1) is 9.08. The number of ether oxygens (including phenoxy) is 1. The van der Waals surface area contributed by atoms with Crippen LogP contribution in [-0.4, -0.2) is 19.1 Å². The maximum Gasteiger partial charge on any atom is 0.141 e. The van der Waals surface area contributed by atoms with Crippen LogP contribution in [0.5, 0.6) is 5.75 Å². The molecule has 0 aliphatic carbocycles. The minimum atomic E-state index is 0.687. The lowest BCUT2D eigenvalue weighted by Gasteiger charge is -2.16. The molecule has 19 heavy (non-hydrogen) atoms. The van der Waals surface area contributed by atoms with Crippen LogP contribution in [0.1, 0.15) is 11.1 Å². The van der Waals surface area contributed by atoms with Crippen molar-refractivity contribution in [1.82, 2.24) is 4.90 Å². The Morgan fingerprint density at radius 3 is 2.58 bits per heavy atom. The van der Waals surface area contributed by atoms with Crippen molar-refractivity contribution in [3.8, 4) is 5.75 Å². The van der Waals surface area contributed by atoms with Crippen LogP contribution >= 0.6 is 27.3 Å². The number of methoxy groups -OCH3 is 1. The molecule has 102 valence electrons. The summed E-state index contributed by atoms with van der Waals surface area (Å²) in [7, 11) is 3.73. The van der Waals surface area contributed by atoms with Gasteiger partial charge in [0.05, 0.1) is 16.6 Å². The first-order valence-corrected chi connectivity index (χ1v) is 7.59. The van der Waals surface area contributed by atoms with Gasteiger partial charge in [-0.1, -0.05) is 6.07 Å². The molecule has 0 unspecified atom stereocenters. The minimum Gasteiger partial charge on any atom is -0.495 e. The third-order valence-electron chi connectivity index (χ3n) is 2.82. The number of nitrogens with two attached hydrogens (primary N) is 1. The standard InChI is InChI=1S/C14H17BrN2OS/c1-17(8-11-6-14(15)19-9-11)7-10-3-4-13(18-2)12(16)5-10/h3-6,9H,7-8,16H2,1-2H3. The van der Waals surface area contributed by atoms with Crippen molar-refractivity contribution in [3.05, 3.63) is 44.6 Å². The van der Waals surface area contributed by atoms with E-state index in [1.807, 2.05) is 12.1 Å². The minimum absolute atomic E-state index is 0.687. The monoisotopic (exact) mass is 340 g/mol. The maximum absolute atomic E-state index is 5.92. The summed E-state index contributed by atoms with van der Waals surface area (Å²) in [5, 5.41) is 2.17. The molecular formula is C14H17BrN2OS. The topological polar surface area (TPSA) is 38.5 Å². The summed E-state index contributed by atoms with van der Waals surface area (Å²) in [5.41, 5.74) is 9.11. The second-order valence-corrected chi connectivity index (χ2v) is 6.80. The van der Waals surface area contributed by atoms with Gasteiger partial charge >= 0.3 is 0 Å². The smallest absolute Gasteiger partial charge is 0.141 e. The molecule has 5 heteroatoms. The predicted molar refractivity (Wildman–Crippen MR) is 84.6 cm³/mol. The molecule has 3 nitrogen and oxygen atoms in total. The number of nitrogens with zero attached hydrogens (tertiary/aromatic N) is 1. The fourth-order valence-corrected chi connectivity index (χ4v) is 3.19. The van der Waals surface area contributed by atoms with E-state index in [4.69, 9.17) is 10.5 Å². The quantitative estimate of drug-likeness (QED) is 0.842. The van der Waals surface area contributed by atoms with Crippen LogP contribution in [-0.2, 0) is 13.1 Å². The van der Waals surface area contributed by atoms with Crippen LogP contribution in [0.15, 0.2) is 33.4 Å². The van der Waals surface area contributed by atoms with Gasteiger partial charge in [0.25, 0.3) is 0 Å². The summed E-state index contributed by atoms with van der Waals surface area (Å²) >= 11 is 5.20. The normalized spacial score (nSPS) is 10.9. The number of benzene rings is 1. The van der Waals surface area contributed by atoms with Gasteiger partial charge in [0.2, 0.25) is 0 Å². The Hall–Kier alpha value is -1.04. The molecule has 0 amide bonds. The van der Waals surface area contributed by atoms with Gasteiger partial charge in [-0.05, 0) is 57.7 Å². The highest BCUT2D eigenvalue weighted by atomic mass is 79.9. The van der Waals surface area contributed by atoms with E-state index < -0.39 is 0 Å². The molecule has 1 aromatic heterocycles. The third kappa shape index (κ3) is 3.96. The molecule has 0 fully saturated rings. The number of hydrogen-bond acceptors (Lipinski definition) is 4. The van der Waals surface area contributed by atoms with Crippen molar-refractivity contribution < 1.29 is 4.74 Å². The van der Waals surface area contributed by atoms with Crippen molar-refractivity contribution in [2.45, 2.75) is 13.1 Å². The van der Waals surface area contributed by atoms with Crippen molar-refractivity contribution in [2.24, 2.45) is 0 Å². The number of anilines is 1. The van der Waals surface area contributed by atoms with E-state index in [-0.39, 0.29) is 0 Å². The summed E-state index contributed by atoms with van der Waals surface area (Å²) in [6, 6.07) is 8.09. The molecule has 0 saturated heterocycles. The van der Waals surface area contributed by atoms with Crippen molar-refractivity contribution >= 4 is 33.0 Å². The van der Waals surface area contributed by atoms with E-state index in [1.165, 1.54) is 14.9 Å². The molecule has 2 rings (SSSR count). The Morgan fingerprint density at radius 1 is 1.26 bits per heavy atom. The average Bonchev–Trinajstić information content (AvgIpc) is 2.74. The van der Waals surface area contributed by atoms with E-state index in [0.29, 0.717) is 5.69 Å². The molecule has 0 bridgehead atoms. The van der Waals surface area contributed by atoms with E-state index in [0.717, 1.165) is 18.8 Å².